The molecule has 3 unspecified atom stereocenters. The van der Waals surface area contributed by atoms with Crippen molar-refractivity contribution >= 4 is 5.97 Å². The van der Waals surface area contributed by atoms with Crippen molar-refractivity contribution in [2.45, 2.75) is 51.2 Å². The monoisotopic (exact) mass is 229 g/mol. The molecule has 4 heteroatoms. The molecular formula is C12H23NO3. The largest absolute Gasteiger partial charge is 0.460 e. The van der Waals surface area contributed by atoms with Gasteiger partial charge in [-0.05, 0) is 25.2 Å². The lowest BCUT2D eigenvalue weighted by molar-refractivity contribution is -0.162. The van der Waals surface area contributed by atoms with E-state index >= 15 is 0 Å². The molecule has 1 rings (SSSR count). The number of nitrogens with two attached hydrogens (primary N) is 1. The highest BCUT2D eigenvalue weighted by Gasteiger charge is 2.26. The predicted octanol–water partition coefficient (Wildman–Crippen LogP) is 1.47. The summed E-state index contributed by atoms with van der Waals surface area (Å²) in [5.41, 5.74) is 5.42. The lowest BCUT2D eigenvalue weighted by Gasteiger charge is -2.29. The molecule has 0 aromatic carbocycles. The average Bonchev–Trinajstić information content (AvgIpc) is 2.31. The van der Waals surface area contributed by atoms with E-state index in [1.807, 2.05) is 0 Å². The highest BCUT2D eigenvalue weighted by atomic mass is 16.6. The summed E-state index contributed by atoms with van der Waals surface area (Å²) in [4.78, 5) is 11.6. The number of hydrogen-bond donors (Lipinski definition) is 1. The van der Waals surface area contributed by atoms with Gasteiger partial charge >= 0.3 is 5.97 Å². The van der Waals surface area contributed by atoms with Crippen molar-refractivity contribution in [2.24, 2.45) is 11.7 Å². The Balaban J connectivity index is 2.38. The number of hydrogen-bond acceptors (Lipinski definition) is 4. The van der Waals surface area contributed by atoms with Crippen LogP contribution in [0.1, 0.15) is 39.0 Å². The molecule has 0 heterocycles. The molecule has 0 saturated heterocycles. The average molecular weight is 229 g/mol. The third-order valence-electron chi connectivity index (χ3n) is 3.36. The van der Waals surface area contributed by atoms with Gasteiger partial charge in [-0.25, -0.2) is 4.79 Å². The zero-order valence-corrected chi connectivity index (χ0v) is 10.3. The Hall–Kier alpha value is -0.610. The lowest BCUT2D eigenvalue weighted by Crippen LogP contribution is -2.36. The molecule has 1 aliphatic rings. The van der Waals surface area contributed by atoms with Crippen LogP contribution in [0.3, 0.4) is 0 Å². The molecule has 0 bridgehead atoms. The van der Waals surface area contributed by atoms with E-state index in [2.05, 4.69) is 6.92 Å². The van der Waals surface area contributed by atoms with Gasteiger partial charge in [0.15, 0.2) is 6.10 Å². The first-order chi connectivity index (χ1) is 7.71. The van der Waals surface area contributed by atoms with E-state index in [4.69, 9.17) is 15.2 Å². The lowest BCUT2D eigenvalue weighted by atomic mass is 9.85. The summed E-state index contributed by atoms with van der Waals surface area (Å²) in [7, 11) is 1.48. The van der Waals surface area contributed by atoms with Crippen LogP contribution in [0.15, 0.2) is 0 Å². The summed E-state index contributed by atoms with van der Waals surface area (Å²) in [6, 6.07) is 0. The molecule has 94 valence electrons. The molecule has 3 atom stereocenters. The molecule has 0 amide bonds. The van der Waals surface area contributed by atoms with E-state index in [1.54, 1.807) is 0 Å². The van der Waals surface area contributed by atoms with E-state index in [-0.39, 0.29) is 18.6 Å². The van der Waals surface area contributed by atoms with E-state index in [0.717, 1.165) is 19.3 Å². The number of carbonyl (C=O) groups excluding carboxylic acids is 1. The van der Waals surface area contributed by atoms with Crippen LogP contribution >= 0.6 is 0 Å². The van der Waals surface area contributed by atoms with Gasteiger partial charge in [0.2, 0.25) is 0 Å². The van der Waals surface area contributed by atoms with Gasteiger partial charge in [-0.1, -0.05) is 19.8 Å². The van der Waals surface area contributed by atoms with Crippen LogP contribution in [0, 0.1) is 5.92 Å². The molecule has 4 nitrogen and oxygen atoms in total. The molecule has 0 spiro atoms. The molecule has 1 aliphatic carbocycles. The van der Waals surface area contributed by atoms with Gasteiger partial charge in [0, 0.05) is 13.7 Å². The molecule has 0 radical (unpaired) electrons. The smallest absolute Gasteiger partial charge is 0.336 e. The number of methoxy groups -OCH3 is 1. The Bertz CT molecular complexity index is 216. The Morgan fingerprint density at radius 1 is 1.50 bits per heavy atom. The second-order valence-corrected chi connectivity index (χ2v) is 4.46. The summed E-state index contributed by atoms with van der Waals surface area (Å²) in [6.07, 6.45) is 4.99. The minimum Gasteiger partial charge on any atom is -0.460 e. The zero-order chi connectivity index (χ0) is 12.0. The van der Waals surface area contributed by atoms with Gasteiger partial charge in [-0.15, -0.1) is 0 Å². The van der Waals surface area contributed by atoms with E-state index in [0.29, 0.717) is 5.92 Å². The number of esters is 1. The van der Waals surface area contributed by atoms with Gasteiger partial charge in [-0.3, -0.25) is 0 Å². The molecule has 0 aromatic heterocycles. The Labute approximate surface area is 97.5 Å². The fraction of sp³-hybridized carbons (Fsp3) is 0.917. The van der Waals surface area contributed by atoms with Crippen LogP contribution in [-0.2, 0) is 14.3 Å². The van der Waals surface area contributed by atoms with E-state index < -0.39 is 6.10 Å². The van der Waals surface area contributed by atoms with Crippen molar-refractivity contribution < 1.29 is 14.3 Å². The Morgan fingerprint density at radius 3 is 2.81 bits per heavy atom. The summed E-state index contributed by atoms with van der Waals surface area (Å²) in [5, 5.41) is 0. The maximum absolute atomic E-state index is 11.6. The summed E-state index contributed by atoms with van der Waals surface area (Å²) < 4.78 is 10.4. The van der Waals surface area contributed by atoms with Crippen LogP contribution in [0.2, 0.25) is 0 Å². The maximum Gasteiger partial charge on any atom is 0.336 e. The van der Waals surface area contributed by atoms with Crippen molar-refractivity contribution in [3.63, 3.8) is 0 Å². The van der Waals surface area contributed by atoms with Gasteiger partial charge in [0.1, 0.15) is 6.10 Å². The van der Waals surface area contributed by atoms with Crippen LogP contribution < -0.4 is 5.73 Å². The van der Waals surface area contributed by atoms with Crippen LogP contribution in [0.5, 0.6) is 0 Å². The first kappa shape index (κ1) is 13.5. The number of rotatable bonds is 5. The number of carbonyl (C=O) groups is 1. The summed E-state index contributed by atoms with van der Waals surface area (Å²) in [5.74, 6) is 0.386. The number of ether oxygens (including phenoxy) is 2. The van der Waals surface area contributed by atoms with E-state index in [1.165, 1.54) is 20.0 Å². The van der Waals surface area contributed by atoms with Crippen molar-refractivity contribution in [1.82, 2.24) is 0 Å². The Morgan fingerprint density at radius 2 is 2.25 bits per heavy atom. The van der Waals surface area contributed by atoms with Gasteiger partial charge in [0.05, 0.1) is 0 Å². The van der Waals surface area contributed by atoms with Gasteiger partial charge in [0.25, 0.3) is 0 Å². The molecule has 0 aromatic rings. The minimum atomic E-state index is -0.609. The second-order valence-electron chi connectivity index (χ2n) is 4.46. The van der Waals surface area contributed by atoms with Gasteiger partial charge < -0.3 is 15.2 Å². The van der Waals surface area contributed by atoms with Crippen LogP contribution in [0.4, 0.5) is 0 Å². The molecule has 0 aliphatic heterocycles. The fourth-order valence-corrected chi connectivity index (χ4v) is 2.25. The predicted molar refractivity (Wildman–Crippen MR) is 62.0 cm³/mol. The van der Waals surface area contributed by atoms with Crippen molar-refractivity contribution in [3.8, 4) is 0 Å². The third kappa shape index (κ3) is 3.76. The van der Waals surface area contributed by atoms with Crippen molar-refractivity contribution in [1.29, 1.82) is 0 Å². The van der Waals surface area contributed by atoms with Crippen molar-refractivity contribution in [3.05, 3.63) is 0 Å². The first-order valence-corrected chi connectivity index (χ1v) is 6.14. The van der Waals surface area contributed by atoms with Crippen LogP contribution in [-0.4, -0.2) is 31.8 Å². The summed E-state index contributed by atoms with van der Waals surface area (Å²) >= 11 is 0. The molecular weight excluding hydrogens is 206 g/mol. The topological polar surface area (TPSA) is 61.5 Å². The highest BCUT2D eigenvalue weighted by molar-refractivity contribution is 5.75. The fourth-order valence-electron chi connectivity index (χ4n) is 2.25. The van der Waals surface area contributed by atoms with Crippen molar-refractivity contribution in [2.75, 3.05) is 13.7 Å². The van der Waals surface area contributed by atoms with Crippen LogP contribution in [0.25, 0.3) is 0 Å². The molecule has 16 heavy (non-hydrogen) atoms. The van der Waals surface area contributed by atoms with Gasteiger partial charge in [-0.2, -0.15) is 0 Å². The Kier molecular flexibility index (Phi) is 5.77. The normalized spacial score (nSPS) is 27.4. The molecule has 1 saturated carbocycles. The quantitative estimate of drug-likeness (QED) is 0.725. The molecule has 2 N–H and O–H groups in total. The molecule has 1 fully saturated rings. The minimum absolute atomic E-state index is 0.0652. The third-order valence-corrected chi connectivity index (χ3v) is 3.36. The zero-order valence-electron chi connectivity index (χ0n) is 10.3. The summed E-state index contributed by atoms with van der Waals surface area (Å²) in [6.45, 7) is 2.37. The van der Waals surface area contributed by atoms with E-state index in [9.17, 15) is 4.79 Å². The first-order valence-electron chi connectivity index (χ1n) is 6.14. The maximum atomic E-state index is 11.6. The second kappa shape index (κ2) is 6.86. The highest BCUT2D eigenvalue weighted by Crippen LogP contribution is 2.28. The standard InChI is InChI=1S/C12H23NO3/c1-3-9-5-4-6-10(7-9)16-12(14)11(8-13)15-2/h9-11H,3-8,13H2,1-2H3. The SMILES string of the molecule is CCC1CCCC(OC(=O)C(CN)OC)C1.